The van der Waals surface area contributed by atoms with Gasteiger partial charge in [-0.2, -0.15) is 5.10 Å². The summed E-state index contributed by atoms with van der Waals surface area (Å²) >= 11 is 0. The number of carbonyl (C=O) groups excluding carboxylic acids is 3. The number of fused-ring (bicyclic) bond motifs is 1. The largest absolute Gasteiger partial charge is 0.351 e. The van der Waals surface area contributed by atoms with E-state index in [-0.39, 0.29) is 42.0 Å². The van der Waals surface area contributed by atoms with Crippen LogP contribution in [0.2, 0.25) is 0 Å². The van der Waals surface area contributed by atoms with Gasteiger partial charge in [0.05, 0.1) is 6.54 Å². The van der Waals surface area contributed by atoms with Gasteiger partial charge in [0.25, 0.3) is 11.8 Å². The van der Waals surface area contributed by atoms with Crippen molar-refractivity contribution in [3.05, 3.63) is 17.5 Å². The summed E-state index contributed by atoms with van der Waals surface area (Å²) in [6, 6.07) is 1.69. The van der Waals surface area contributed by atoms with Gasteiger partial charge in [0, 0.05) is 25.2 Å². The molecule has 0 aromatic carbocycles. The van der Waals surface area contributed by atoms with Gasteiger partial charge in [-0.25, -0.2) is 0 Å². The Morgan fingerprint density at radius 1 is 1.28 bits per heavy atom. The number of nitrogens with zero attached hydrogens (tertiary/aromatic N) is 3. The van der Waals surface area contributed by atoms with Crippen molar-refractivity contribution in [2.45, 2.75) is 89.9 Å². The maximum atomic E-state index is 13.2. The predicted octanol–water partition coefficient (Wildman–Crippen LogP) is 2.09. The molecule has 1 saturated carbocycles. The number of aromatic nitrogens is 2. The molecule has 1 aliphatic carbocycles. The van der Waals surface area contributed by atoms with Crippen LogP contribution in [0.15, 0.2) is 6.07 Å². The van der Waals surface area contributed by atoms with Gasteiger partial charge in [-0.05, 0) is 33.1 Å². The fourth-order valence-electron chi connectivity index (χ4n) is 4.00. The highest BCUT2D eigenvalue weighted by molar-refractivity contribution is 6.01. The molecule has 8 heteroatoms. The fourth-order valence-corrected chi connectivity index (χ4v) is 4.00. The quantitative estimate of drug-likeness (QED) is 0.736. The fraction of sp³-hybridized carbons (Fsp3) is 0.714. The minimum atomic E-state index is -1.05. The Labute approximate surface area is 172 Å². The predicted molar refractivity (Wildman–Crippen MR) is 110 cm³/mol. The molecule has 2 aliphatic rings. The first kappa shape index (κ1) is 21.3. The highest BCUT2D eigenvalue weighted by Gasteiger charge is 2.46. The molecule has 2 atom stereocenters. The van der Waals surface area contributed by atoms with E-state index in [0.29, 0.717) is 5.69 Å². The summed E-state index contributed by atoms with van der Waals surface area (Å²) in [4.78, 5) is 40.0. The lowest BCUT2D eigenvalue weighted by Crippen LogP contribution is -2.63. The number of nitrogens with one attached hydrogen (secondary N) is 2. The average molecular weight is 404 g/mol. The highest BCUT2D eigenvalue weighted by Crippen LogP contribution is 2.27. The maximum absolute atomic E-state index is 13.2. The third-order valence-electron chi connectivity index (χ3n) is 6.40. The number of amides is 3. The maximum Gasteiger partial charge on any atom is 0.272 e. The second kappa shape index (κ2) is 8.55. The molecular weight excluding hydrogens is 370 g/mol. The smallest absolute Gasteiger partial charge is 0.272 e. The molecule has 2 N–H and O–H groups in total. The van der Waals surface area contributed by atoms with Crippen molar-refractivity contribution in [3.63, 3.8) is 0 Å². The molecule has 0 radical (unpaired) electrons. The number of rotatable bonds is 5. The van der Waals surface area contributed by atoms with Crippen LogP contribution in [-0.4, -0.2) is 57.1 Å². The van der Waals surface area contributed by atoms with E-state index in [1.807, 2.05) is 13.8 Å². The van der Waals surface area contributed by atoms with Gasteiger partial charge in [0.2, 0.25) is 5.91 Å². The third-order valence-corrected chi connectivity index (χ3v) is 6.40. The number of hydrogen-bond donors (Lipinski definition) is 2. The first-order valence-corrected chi connectivity index (χ1v) is 10.7. The molecule has 1 aromatic heterocycles. The molecule has 0 unspecified atom stereocenters. The van der Waals surface area contributed by atoms with Crippen LogP contribution in [0.1, 0.15) is 86.7 Å². The first-order chi connectivity index (χ1) is 13.8. The van der Waals surface area contributed by atoms with E-state index in [1.54, 1.807) is 14.0 Å². The van der Waals surface area contributed by atoms with Crippen LogP contribution in [-0.2, 0) is 11.3 Å². The number of hydrogen-bond acceptors (Lipinski definition) is 4. The van der Waals surface area contributed by atoms with Gasteiger partial charge in [-0.3, -0.25) is 19.1 Å². The Morgan fingerprint density at radius 3 is 2.55 bits per heavy atom. The lowest BCUT2D eigenvalue weighted by molar-refractivity contribution is -0.133. The van der Waals surface area contributed by atoms with Crippen molar-refractivity contribution in [2.24, 2.45) is 0 Å². The standard InChI is InChI=1S/C21H33N5O3/c1-5-14(2)22-18(27)16-12-17-19(28)25(4)21(3,13-26(17)24-16)20(29)23-15-10-8-6-7-9-11-15/h12,14-15H,5-11,13H2,1-4H3,(H,22,27)(H,23,29)/t14-,21-/m1/s1. The number of likely N-dealkylation sites (N-methyl/N-ethyl adjacent to an activating group) is 1. The Bertz CT molecular complexity index is 781. The Balaban J connectivity index is 1.79. The summed E-state index contributed by atoms with van der Waals surface area (Å²) in [5, 5.41) is 10.4. The van der Waals surface area contributed by atoms with Gasteiger partial charge in [-0.1, -0.05) is 32.6 Å². The van der Waals surface area contributed by atoms with E-state index in [2.05, 4.69) is 15.7 Å². The summed E-state index contributed by atoms with van der Waals surface area (Å²) in [5.41, 5.74) is -0.510. The SMILES string of the molecule is CC[C@@H](C)NC(=O)c1cc2n(n1)C[C@](C)(C(=O)NC1CCCCCC1)N(C)C2=O. The van der Waals surface area contributed by atoms with Crippen molar-refractivity contribution in [1.82, 2.24) is 25.3 Å². The van der Waals surface area contributed by atoms with Gasteiger partial charge in [0.1, 0.15) is 11.2 Å². The monoisotopic (exact) mass is 403 g/mol. The van der Waals surface area contributed by atoms with E-state index < -0.39 is 5.54 Å². The molecule has 8 nitrogen and oxygen atoms in total. The van der Waals surface area contributed by atoms with E-state index in [0.717, 1.165) is 32.1 Å². The molecule has 160 valence electrons. The zero-order chi connectivity index (χ0) is 21.2. The Morgan fingerprint density at radius 2 is 1.93 bits per heavy atom. The number of carbonyl (C=O) groups is 3. The van der Waals surface area contributed by atoms with Crippen LogP contribution in [0.4, 0.5) is 0 Å². The second-order valence-electron chi connectivity index (χ2n) is 8.66. The zero-order valence-electron chi connectivity index (χ0n) is 18.0. The van der Waals surface area contributed by atoms with Crippen LogP contribution in [0.3, 0.4) is 0 Å². The van der Waals surface area contributed by atoms with Crippen molar-refractivity contribution in [1.29, 1.82) is 0 Å². The third kappa shape index (κ3) is 4.31. The minimum absolute atomic E-state index is 0.0234. The molecule has 1 aromatic rings. The molecule has 29 heavy (non-hydrogen) atoms. The first-order valence-electron chi connectivity index (χ1n) is 10.7. The Kier molecular flexibility index (Phi) is 6.29. The lowest BCUT2D eigenvalue weighted by atomic mass is 9.95. The van der Waals surface area contributed by atoms with Gasteiger partial charge in [0.15, 0.2) is 5.69 Å². The van der Waals surface area contributed by atoms with E-state index in [9.17, 15) is 14.4 Å². The summed E-state index contributed by atoms with van der Waals surface area (Å²) in [7, 11) is 1.64. The van der Waals surface area contributed by atoms with Gasteiger partial charge >= 0.3 is 0 Å². The Hall–Kier alpha value is -2.38. The average Bonchev–Trinajstić information content (AvgIpc) is 2.95. The van der Waals surface area contributed by atoms with Crippen molar-refractivity contribution < 1.29 is 14.4 Å². The molecule has 0 saturated heterocycles. The van der Waals surface area contributed by atoms with Crippen LogP contribution >= 0.6 is 0 Å². The van der Waals surface area contributed by atoms with Crippen LogP contribution in [0, 0.1) is 0 Å². The van der Waals surface area contributed by atoms with Crippen LogP contribution in [0.25, 0.3) is 0 Å². The summed E-state index contributed by atoms with van der Waals surface area (Å²) in [5.74, 6) is -0.766. The van der Waals surface area contributed by atoms with E-state index in [1.165, 1.54) is 28.5 Å². The molecule has 3 amide bonds. The second-order valence-corrected chi connectivity index (χ2v) is 8.66. The highest BCUT2D eigenvalue weighted by atomic mass is 16.2. The molecule has 1 aliphatic heterocycles. The zero-order valence-corrected chi connectivity index (χ0v) is 18.0. The topological polar surface area (TPSA) is 96.3 Å². The summed E-state index contributed by atoms with van der Waals surface area (Å²) < 4.78 is 1.50. The van der Waals surface area contributed by atoms with Gasteiger partial charge in [-0.15, -0.1) is 0 Å². The normalized spacial score (nSPS) is 23.9. The van der Waals surface area contributed by atoms with Crippen molar-refractivity contribution in [3.8, 4) is 0 Å². The molecular formula is C21H33N5O3. The molecule has 0 spiro atoms. The lowest BCUT2D eigenvalue weighted by Gasteiger charge is -2.41. The molecule has 0 bridgehead atoms. The van der Waals surface area contributed by atoms with Crippen molar-refractivity contribution >= 4 is 17.7 Å². The van der Waals surface area contributed by atoms with Gasteiger partial charge < -0.3 is 15.5 Å². The van der Waals surface area contributed by atoms with E-state index in [4.69, 9.17) is 0 Å². The minimum Gasteiger partial charge on any atom is -0.351 e. The van der Waals surface area contributed by atoms with Crippen LogP contribution in [0.5, 0.6) is 0 Å². The molecule has 1 fully saturated rings. The summed E-state index contributed by atoms with van der Waals surface area (Å²) in [6.07, 6.45) is 7.42. The molecule has 3 rings (SSSR count). The van der Waals surface area contributed by atoms with Crippen LogP contribution < -0.4 is 10.6 Å². The van der Waals surface area contributed by atoms with Crippen molar-refractivity contribution in [2.75, 3.05) is 7.05 Å². The molecule has 2 heterocycles. The van der Waals surface area contributed by atoms with E-state index >= 15 is 0 Å². The summed E-state index contributed by atoms with van der Waals surface area (Å²) in [6.45, 7) is 5.89.